The summed E-state index contributed by atoms with van der Waals surface area (Å²) in [5, 5.41) is 7.68. The summed E-state index contributed by atoms with van der Waals surface area (Å²) in [5.74, 6) is 0.775. The van der Waals surface area contributed by atoms with Gasteiger partial charge in [0.25, 0.3) is 5.91 Å². The number of hydrogen-bond donors (Lipinski definition) is 1. The van der Waals surface area contributed by atoms with Crippen molar-refractivity contribution in [1.82, 2.24) is 20.0 Å². The summed E-state index contributed by atoms with van der Waals surface area (Å²) in [6, 6.07) is 0.500. The molecule has 0 aliphatic carbocycles. The number of rotatable bonds is 1. The molecule has 2 aliphatic heterocycles. The van der Waals surface area contributed by atoms with Crippen LogP contribution < -0.4 is 5.32 Å². The Morgan fingerprint density at radius 1 is 1.50 bits per heavy atom. The Morgan fingerprint density at radius 3 is 3.00 bits per heavy atom. The summed E-state index contributed by atoms with van der Waals surface area (Å²) >= 11 is 0. The maximum absolute atomic E-state index is 12.5. The number of carbonyl (C=O) groups is 1. The molecule has 1 aromatic heterocycles. The predicted octanol–water partition coefficient (Wildman–Crippen LogP) is 0.553. The van der Waals surface area contributed by atoms with Crippen molar-refractivity contribution in [3.05, 3.63) is 17.5 Å². The van der Waals surface area contributed by atoms with Crippen molar-refractivity contribution in [3.63, 3.8) is 0 Å². The van der Waals surface area contributed by atoms with Gasteiger partial charge in [0.15, 0.2) is 0 Å². The van der Waals surface area contributed by atoms with E-state index in [1.807, 2.05) is 18.9 Å². The molecule has 0 spiro atoms. The molecule has 98 valence electrons. The number of aromatic nitrogens is 2. The molecule has 2 aliphatic rings. The van der Waals surface area contributed by atoms with Crippen LogP contribution in [0.3, 0.4) is 0 Å². The zero-order valence-electron chi connectivity index (χ0n) is 11.0. The second-order valence-electron chi connectivity index (χ2n) is 5.44. The molecular weight excluding hydrogens is 228 g/mol. The highest BCUT2D eigenvalue weighted by atomic mass is 16.2. The van der Waals surface area contributed by atoms with Gasteiger partial charge in [-0.2, -0.15) is 5.10 Å². The number of fused-ring (bicyclic) bond motifs is 1. The van der Waals surface area contributed by atoms with E-state index in [-0.39, 0.29) is 5.91 Å². The van der Waals surface area contributed by atoms with E-state index in [0.717, 1.165) is 30.9 Å². The standard InChI is InChI=1S/C13H20N4O/c1-9-11(6-15-16(9)2)13(18)17-7-10-4-3-5-14-12(10)8-17/h6,10,12,14H,3-5,7-8H2,1-2H3. The van der Waals surface area contributed by atoms with Gasteiger partial charge in [-0.15, -0.1) is 0 Å². The average Bonchev–Trinajstić information content (AvgIpc) is 2.94. The maximum atomic E-state index is 12.5. The molecule has 2 saturated heterocycles. The van der Waals surface area contributed by atoms with Crippen LogP contribution in [-0.2, 0) is 7.05 Å². The summed E-state index contributed by atoms with van der Waals surface area (Å²) < 4.78 is 1.76. The van der Waals surface area contributed by atoms with Crippen molar-refractivity contribution in [2.75, 3.05) is 19.6 Å². The molecule has 18 heavy (non-hydrogen) atoms. The van der Waals surface area contributed by atoms with Crippen molar-refractivity contribution in [1.29, 1.82) is 0 Å². The van der Waals surface area contributed by atoms with Crippen LogP contribution in [0.15, 0.2) is 6.20 Å². The molecule has 2 atom stereocenters. The summed E-state index contributed by atoms with van der Waals surface area (Å²) in [7, 11) is 1.87. The minimum atomic E-state index is 0.136. The largest absolute Gasteiger partial charge is 0.337 e. The summed E-state index contributed by atoms with van der Waals surface area (Å²) in [5.41, 5.74) is 1.69. The minimum Gasteiger partial charge on any atom is -0.337 e. The van der Waals surface area contributed by atoms with Crippen molar-refractivity contribution < 1.29 is 4.79 Å². The van der Waals surface area contributed by atoms with E-state index in [0.29, 0.717) is 12.0 Å². The van der Waals surface area contributed by atoms with Crippen molar-refractivity contribution >= 4 is 5.91 Å². The zero-order valence-corrected chi connectivity index (χ0v) is 11.0. The summed E-state index contributed by atoms with van der Waals surface area (Å²) in [6.45, 7) is 4.78. The first-order valence-corrected chi connectivity index (χ1v) is 6.68. The Hall–Kier alpha value is -1.36. The van der Waals surface area contributed by atoms with Gasteiger partial charge in [0.1, 0.15) is 0 Å². The molecular formula is C13H20N4O. The van der Waals surface area contributed by atoms with E-state index in [4.69, 9.17) is 0 Å². The van der Waals surface area contributed by atoms with Crippen molar-refractivity contribution in [3.8, 4) is 0 Å². The molecule has 0 radical (unpaired) electrons. The molecule has 0 bridgehead atoms. The first-order valence-electron chi connectivity index (χ1n) is 6.68. The van der Waals surface area contributed by atoms with Gasteiger partial charge in [-0.3, -0.25) is 9.48 Å². The fraction of sp³-hybridized carbons (Fsp3) is 0.692. The molecule has 1 N–H and O–H groups in total. The van der Waals surface area contributed by atoms with Crippen molar-refractivity contribution in [2.45, 2.75) is 25.8 Å². The van der Waals surface area contributed by atoms with E-state index in [1.54, 1.807) is 10.9 Å². The molecule has 1 amide bonds. The molecule has 2 unspecified atom stereocenters. The van der Waals surface area contributed by atoms with E-state index in [2.05, 4.69) is 10.4 Å². The van der Waals surface area contributed by atoms with Crippen LogP contribution in [0.5, 0.6) is 0 Å². The van der Waals surface area contributed by atoms with Gasteiger partial charge >= 0.3 is 0 Å². The van der Waals surface area contributed by atoms with Crippen LogP contribution >= 0.6 is 0 Å². The highest BCUT2D eigenvalue weighted by molar-refractivity contribution is 5.95. The van der Waals surface area contributed by atoms with Crippen LogP contribution in [-0.4, -0.2) is 46.3 Å². The van der Waals surface area contributed by atoms with Crippen LogP contribution in [0.2, 0.25) is 0 Å². The van der Waals surface area contributed by atoms with E-state index in [1.165, 1.54) is 12.8 Å². The van der Waals surface area contributed by atoms with Gasteiger partial charge in [0.05, 0.1) is 11.8 Å². The second-order valence-corrected chi connectivity index (χ2v) is 5.44. The molecule has 0 aromatic carbocycles. The average molecular weight is 248 g/mol. The van der Waals surface area contributed by atoms with Crippen LogP contribution in [0, 0.1) is 12.8 Å². The predicted molar refractivity (Wildman–Crippen MR) is 68.4 cm³/mol. The Labute approximate surface area is 107 Å². The number of nitrogens with zero attached hydrogens (tertiary/aromatic N) is 3. The Morgan fingerprint density at radius 2 is 2.33 bits per heavy atom. The number of amides is 1. The number of hydrogen-bond acceptors (Lipinski definition) is 3. The molecule has 1 aromatic rings. The van der Waals surface area contributed by atoms with E-state index in [9.17, 15) is 4.79 Å². The number of piperidine rings is 1. The fourth-order valence-corrected chi connectivity index (χ4v) is 3.09. The molecule has 3 rings (SSSR count). The fourth-order valence-electron chi connectivity index (χ4n) is 3.09. The van der Waals surface area contributed by atoms with Gasteiger partial charge in [0, 0.05) is 31.9 Å². The highest BCUT2D eigenvalue weighted by Crippen LogP contribution is 2.26. The van der Waals surface area contributed by atoms with Crippen molar-refractivity contribution in [2.24, 2.45) is 13.0 Å². The molecule has 5 heteroatoms. The number of nitrogens with one attached hydrogen (secondary N) is 1. The third-order valence-electron chi connectivity index (χ3n) is 4.35. The van der Waals surface area contributed by atoms with E-state index < -0.39 is 0 Å². The van der Waals surface area contributed by atoms with Crippen LogP contribution in [0.4, 0.5) is 0 Å². The van der Waals surface area contributed by atoms with Gasteiger partial charge < -0.3 is 10.2 Å². The van der Waals surface area contributed by atoms with Crippen LogP contribution in [0.1, 0.15) is 28.9 Å². The third kappa shape index (κ3) is 1.82. The van der Waals surface area contributed by atoms with Gasteiger partial charge in [-0.25, -0.2) is 0 Å². The van der Waals surface area contributed by atoms with E-state index >= 15 is 0 Å². The Balaban J connectivity index is 1.76. The second kappa shape index (κ2) is 4.39. The lowest BCUT2D eigenvalue weighted by Gasteiger charge is -2.24. The minimum absolute atomic E-state index is 0.136. The highest BCUT2D eigenvalue weighted by Gasteiger charge is 2.37. The first-order chi connectivity index (χ1) is 8.66. The quantitative estimate of drug-likeness (QED) is 0.789. The number of aryl methyl sites for hydroxylation is 1. The normalized spacial score (nSPS) is 27.3. The first kappa shape index (κ1) is 11.7. The SMILES string of the molecule is Cc1c(C(=O)N2CC3CCCNC3C2)cnn1C. The monoisotopic (exact) mass is 248 g/mol. The van der Waals surface area contributed by atoms with Gasteiger partial charge in [-0.1, -0.05) is 0 Å². The van der Waals surface area contributed by atoms with Gasteiger partial charge in [0.2, 0.25) is 0 Å². The molecule has 2 fully saturated rings. The zero-order chi connectivity index (χ0) is 12.7. The summed E-state index contributed by atoms with van der Waals surface area (Å²) in [6.07, 6.45) is 4.16. The molecule has 0 saturated carbocycles. The topological polar surface area (TPSA) is 50.2 Å². The Kier molecular flexibility index (Phi) is 2.86. The molecule has 3 heterocycles. The number of carbonyl (C=O) groups excluding carboxylic acids is 1. The smallest absolute Gasteiger partial charge is 0.257 e. The maximum Gasteiger partial charge on any atom is 0.257 e. The lowest BCUT2D eigenvalue weighted by Crippen LogP contribution is -2.41. The lowest BCUT2D eigenvalue weighted by molar-refractivity contribution is 0.0785. The molecule has 5 nitrogen and oxygen atoms in total. The van der Waals surface area contributed by atoms with Gasteiger partial charge in [-0.05, 0) is 32.2 Å². The van der Waals surface area contributed by atoms with Crippen LogP contribution in [0.25, 0.3) is 0 Å². The Bertz CT molecular complexity index is 454. The number of likely N-dealkylation sites (tertiary alicyclic amines) is 1. The summed E-state index contributed by atoms with van der Waals surface area (Å²) in [4.78, 5) is 14.5. The lowest BCUT2D eigenvalue weighted by atomic mass is 9.94. The third-order valence-corrected chi connectivity index (χ3v) is 4.35.